The van der Waals surface area contributed by atoms with Gasteiger partial charge < -0.3 is 5.32 Å². The number of rotatable bonds is 8. The van der Waals surface area contributed by atoms with Gasteiger partial charge >= 0.3 is 0 Å². The zero-order valence-corrected chi connectivity index (χ0v) is 30.2. The quantitative estimate of drug-likeness (QED) is 0.0935. The number of aliphatic imine (C=N–C) groups is 1. The number of amidine groups is 1. The summed E-state index contributed by atoms with van der Waals surface area (Å²) in [5, 5.41) is 16.0. The van der Waals surface area contributed by atoms with Crippen molar-refractivity contribution in [3.05, 3.63) is 151 Å². The standard InChI is InChI=1S/C38H26ClN5O4S3/c1-22-7-12-25(13-8-22)41-37-43(27-15-9-23(2)10-16-27)36(46)34(49-37)20-24-11-18-32(31(19-24)44(47)48)50-38-42-30-17-14-26(21-33(30)51-38)40-35(45)28-5-3-4-6-29(28)39/h3-21H,1-2H3,(H,40,45)/b34-20-,41-37?. The Hall–Kier alpha value is -5.27. The van der Waals surface area contributed by atoms with E-state index < -0.39 is 4.92 Å². The van der Waals surface area contributed by atoms with Gasteiger partial charge in [-0.1, -0.05) is 77.0 Å². The summed E-state index contributed by atoms with van der Waals surface area (Å²) < 4.78 is 1.40. The molecule has 0 unspecified atom stereocenters. The average Bonchev–Trinajstić information content (AvgIpc) is 3.65. The molecule has 1 N–H and O–H groups in total. The summed E-state index contributed by atoms with van der Waals surface area (Å²) in [6.45, 7) is 3.97. The fourth-order valence-corrected chi connectivity index (χ4v) is 8.54. The molecule has 0 atom stereocenters. The number of anilines is 2. The molecule has 0 radical (unpaired) electrons. The van der Waals surface area contributed by atoms with Crippen LogP contribution in [0.5, 0.6) is 0 Å². The van der Waals surface area contributed by atoms with Crippen LogP contribution < -0.4 is 10.2 Å². The van der Waals surface area contributed by atoms with E-state index in [0.29, 0.717) is 58.0 Å². The van der Waals surface area contributed by atoms with Gasteiger partial charge in [-0.2, -0.15) is 0 Å². The van der Waals surface area contributed by atoms with Crippen LogP contribution in [0.4, 0.5) is 22.7 Å². The lowest BCUT2D eigenvalue weighted by Crippen LogP contribution is -2.28. The first-order chi connectivity index (χ1) is 24.6. The van der Waals surface area contributed by atoms with Crippen molar-refractivity contribution < 1.29 is 14.5 Å². The molecule has 7 rings (SSSR count). The van der Waals surface area contributed by atoms with Gasteiger partial charge in [-0.05, 0) is 97.9 Å². The number of nitro benzene ring substituents is 1. The molecule has 0 spiro atoms. The van der Waals surface area contributed by atoms with Crippen molar-refractivity contribution in [2.24, 2.45) is 4.99 Å². The third-order valence-corrected chi connectivity index (χ3v) is 11.2. The number of nitrogens with zero attached hydrogens (tertiary/aromatic N) is 4. The van der Waals surface area contributed by atoms with E-state index in [1.165, 1.54) is 40.9 Å². The lowest BCUT2D eigenvalue weighted by atomic mass is 10.1. The molecule has 1 aliphatic rings. The number of benzene rings is 5. The van der Waals surface area contributed by atoms with Crippen molar-refractivity contribution in [2.75, 3.05) is 10.2 Å². The zero-order valence-electron chi connectivity index (χ0n) is 27.0. The minimum absolute atomic E-state index is 0.110. The van der Waals surface area contributed by atoms with Gasteiger partial charge in [0.1, 0.15) is 0 Å². The number of hydrogen-bond donors (Lipinski definition) is 1. The maximum Gasteiger partial charge on any atom is 0.283 e. The Kier molecular flexibility index (Phi) is 9.74. The monoisotopic (exact) mass is 747 g/mol. The van der Waals surface area contributed by atoms with E-state index in [-0.39, 0.29) is 17.5 Å². The number of nitrogens with one attached hydrogen (secondary N) is 1. The second-order valence-electron chi connectivity index (χ2n) is 11.5. The maximum atomic E-state index is 13.8. The van der Waals surface area contributed by atoms with Gasteiger partial charge in [-0.3, -0.25) is 24.6 Å². The minimum Gasteiger partial charge on any atom is -0.322 e. The number of halogens is 1. The minimum atomic E-state index is -0.438. The highest BCUT2D eigenvalue weighted by molar-refractivity contribution is 8.19. The second kappa shape index (κ2) is 14.5. The molecular formula is C38H26ClN5O4S3. The number of fused-ring (bicyclic) bond motifs is 1. The van der Waals surface area contributed by atoms with Gasteiger partial charge in [0.15, 0.2) is 9.51 Å². The highest BCUT2D eigenvalue weighted by Crippen LogP contribution is 2.41. The summed E-state index contributed by atoms with van der Waals surface area (Å²) in [5.74, 6) is -0.604. The van der Waals surface area contributed by atoms with Gasteiger partial charge in [0.05, 0.1) is 46.9 Å². The lowest BCUT2D eigenvalue weighted by molar-refractivity contribution is -0.387. The fraction of sp³-hybridized carbons (Fsp3) is 0.0526. The summed E-state index contributed by atoms with van der Waals surface area (Å²) in [6, 6.07) is 32.3. The topological polar surface area (TPSA) is 118 Å². The van der Waals surface area contributed by atoms with E-state index in [4.69, 9.17) is 16.6 Å². The molecular weight excluding hydrogens is 722 g/mol. The molecule has 2 amide bonds. The normalized spacial score (nSPS) is 14.5. The number of thioether (sulfide) groups is 1. The van der Waals surface area contributed by atoms with Crippen LogP contribution in [-0.2, 0) is 4.79 Å². The maximum absolute atomic E-state index is 13.8. The Balaban J connectivity index is 1.14. The van der Waals surface area contributed by atoms with E-state index in [2.05, 4.69) is 10.3 Å². The number of thiazole rings is 1. The number of nitro groups is 1. The summed E-state index contributed by atoms with van der Waals surface area (Å²) in [5.41, 5.74) is 5.57. The van der Waals surface area contributed by atoms with Crippen molar-refractivity contribution in [2.45, 2.75) is 23.1 Å². The Morgan fingerprint density at radius 1 is 0.961 bits per heavy atom. The predicted octanol–water partition coefficient (Wildman–Crippen LogP) is 10.7. The van der Waals surface area contributed by atoms with Gasteiger partial charge in [0.2, 0.25) is 0 Å². The first-order valence-corrected chi connectivity index (χ1v) is 18.3. The lowest BCUT2D eigenvalue weighted by Gasteiger charge is -2.16. The van der Waals surface area contributed by atoms with Gasteiger partial charge in [-0.15, -0.1) is 11.3 Å². The van der Waals surface area contributed by atoms with Gasteiger partial charge in [0.25, 0.3) is 17.5 Å². The first-order valence-electron chi connectivity index (χ1n) is 15.5. The number of carbonyl (C=O) groups is 2. The first kappa shape index (κ1) is 34.2. The van der Waals surface area contributed by atoms with Gasteiger partial charge in [-0.25, -0.2) is 9.98 Å². The third kappa shape index (κ3) is 7.59. The van der Waals surface area contributed by atoms with E-state index in [0.717, 1.165) is 15.8 Å². The third-order valence-electron chi connectivity index (χ3n) is 7.78. The Morgan fingerprint density at radius 2 is 1.69 bits per heavy atom. The highest BCUT2D eigenvalue weighted by atomic mass is 35.5. The Morgan fingerprint density at radius 3 is 2.41 bits per heavy atom. The molecule has 9 nitrogen and oxygen atoms in total. The molecule has 5 aromatic carbocycles. The van der Waals surface area contributed by atoms with Crippen LogP contribution in [0.1, 0.15) is 27.0 Å². The molecule has 0 saturated carbocycles. The van der Waals surface area contributed by atoms with Gasteiger partial charge in [0, 0.05) is 11.8 Å². The molecule has 1 fully saturated rings. The molecule has 1 saturated heterocycles. The molecule has 1 aliphatic heterocycles. The Bertz CT molecular complexity index is 2410. The van der Waals surface area contributed by atoms with E-state index in [1.807, 2.05) is 68.4 Å². The van der Waals surface area contributed by atoms with Crippen molar-refractivity contribution in [1.82, 2.24) is 4.98 Å². The summed E-state index contributed by atoms with van der Waals surface area (Å²) in [6.07, 6.45) is 1.66. The number of amides is 2. The molecule has 51 heavy (non-hydrogen) atoms. The van der Waals surface area contributed by atoms with Crippen LogP contribution in [0.2, 0.25) is 5.02 Å². The summed E-state index contributed by atoms with van der Waals surface area (Å²) in [7, 11) is 0. The highest BCUT2D eigenvalue weighted by Gasteiger charge is 2.35. The van der Waals surface area contributed by atoms with Crippen LogP contribution in [-0.4, -0.2) is 26.9 Å². The van der Waals surface area contributed by atoms with Crippen LogP contribution in [0, 0.1) is 24.0 Å². The number of hydrogen-bond acceptors (Lipinski definition) is 9. The van der Waals surface area contributed by atoms with Crippen molar-refractivity contribution in [3.8, 4) is 0 Å². The average molecular weight is 748 g/mol. The van der Waals surface area contributed by atoms with Crippen LogP contribution in [0.25, 0.3) is 16.3 Å². The molecule has 1 aromatic heterocycles. The van der Waals surface area contributed by atoms with Crippen molar-refractivity contribution >= 4 is 102 Å². The van der Waals surface area contributed by atoms with Crippen LogP contribution in [0.3, 0.4) is 0 Å². The number of aryl methyl sites for hydroxylation is 2. The van der Waals surface area contributed by atoms with Crippen LogP contribution >= 0.6 is 46.5 Å². The largest absolute Gasteiger partial charge is 0.322 e. The smallest absolute Gasteiger partial charge is 0.283 e. The molecule has 6 aromatic rings. The van der Waals surface area contributed by atoms with E-state index in [1.54, 1.807) is 59.5 Å². The molecule has 13 heteroatoms. The summed E-state index contributed by atoms with van der Waals surface area (Å²) in [4.78, 5) is 50.2. The number of aromatic nitrogens is 1. The Labute approximate surface area is 310 Å². The molecule has 2 heterocycles. The fourth-order valence-electron chi connectivity index (χ4n) is 5.17. The van der Waals surface area contributed by atoms with E-state index in [9.17, 15) is 19.7 Å². The van der Waals surface area contributed by atoms with Crippen LogP contribution in [0.15, 0.2) is 128 Å². The number of carbonyl (C=O) groups excluding carboxylic acids is 2. The summed E-state index contributed by atoms with van der Waals surface area (Å²) >= 11 is 9.94. The van der Waals surface area contributed by atoms with Crippen molar-refractivity contribution in [3.63, 3.8) is 0 Å². The predicted molar refractivity (Wildman–Crippen MR) is 209 cm³/mol. The second-order valence-corrected chi connectivity index (χ2v) is 15.2. The molecule has 0 aliphatic carbocycles. The van der Waals surface area contributed by atoms with Crippen molar-refractivity contribution in [1.29, 1.82) is 0 Å². The van der Waals surface area contributed by atoms with E-state index >= 15 is 0 Å². The SMILES string of the molecule is Cc1ccc(N=C2S/C(=C\c3ccc(Sc4nc5ccc(NC(=O)c6ccccc6Cl)cc5s4)c([N+](=O)[O-])c3)C(=O)N2c2ccc(C)cc2)cc1. The molecule has 252 valence electrons. The zero-order chi connectivity index (χ0) is 35.6. The molecule has 0 bridgehead atoms.